The number of piperidine rings is 1. The minimum Gasteiger partial charge on any atom is -0.350 e. The molecule has 2 saturated heterocycles. The maximum absolute atomic E-state index is 14.0. The summed E-state index contributed by atoms with van der Waals surface area (Å²) >= 11 is 6.13. The second kappa shape index (κ2) is 14.7. The highest BCUT2D eigenvalue weighted by Gasteiger charge is 2.37. The summed E-state index contributed by atoms with van der Waals surface area (Å²) in [6.45, 7) is 8.71. The molecule has 0 saturated carbocycles. The standard InChI is InChI=1S/C36H47ClN4O2/c1-36(2,41-20-8-4-9-21-41)25-33-35(43)40(19-10-7-13-27-11-5-3-6-12-27)22-18-32(39-33)26-38-34(42)30-15-14-29-24-31(37)17-16-28(29)23-30/h3,5-6,11-12,14-17,23-24,32-33,39H,4,7-10,13,18-22,25-26H2,1-2H3,(H,38,42)/t32-,33-/m1/s1. The molecule has 6 nitrogen and oxygen atoms in total. The van der Waals surface area contributed by atoms with Crippen LogP contribution in [0.1, 0.15) is 74.7 Å². The van der Waals surface area contributed by atoms with Crippen molar-refractivity contribution in [2.45, 2.75) is 82.8 Å². The number of unbranched alkanes of at least 4 members (excludes halogenated alkanes) is 1. The van der Waals surface area contributed by atoms with Gasteiger partial charge in [-0.2, -0.15) is 0 Å². The minimum absolute atomic E-state index is 0.0173. The molecule has 2 aliphatic rings. The van der Waals surface area contributed by atoms with Gasteiger partial charge in [0.1, 0.15) is 0 Å². The van der Waals surface area contributed by atoms with Gasteiger partial charge in [-0.05, 0) is 112 Å². The average molecular weight is 603 g/mol. The van der Waals surface area contributed by atoms with Crippen molar-refractivity contribution >= 4 is 34.2 Å². The van der Waals surface area contributed by atoms with E-state index in [-0.39, 0.29) is 29.4 Å². The third kappa shape index (κ3) is 8.59. The van der Waals surface area contributed by atoms with Gasteiger partial charge in [0.25, 0.3) is 5.91 Å². The summed E-state index contributed by atoms with van der Waals surface area (Å²) in [6.07, 6.45) is 8.37. The van der Waals surface area contributed by atoms with Crippen LogP contribution in [0, 0.1) is 0 Å². The minimum atomic E-state index is -0.277. The first-order chi connectivity index (χ1) is 20.8. The quantitative estimate of drug-likeness (QED) is 0.247. The summed E-state index contributed by atoms with van der Waals surface area (Å²) in [5.74, 6) is 0.101. The Labute approximate surface area is 262 Å². The van der Waals surface area contributed by atoms with Gasteiger partial charge in [0.05, 0.1) is 6.04 Å². The fourth-order valence-corrected chi connectivity index (χ4v) is 6.87. The van der Waals surface area contributed by atoms with Gasteiger partial charge in [0.2, 0.25) is 5.91 Å². The van der Waals surface area contributed by atoms with Crippen molar-refractivity contribution in [2.75, 3.05) is 32.7 Å². The SMILES string of the molecule is CC(C)(C[C@H]1N[C@@H](CNC(=O)c2ccc3cc(Cl)ccc3c2)CCN(CCCCc2ccccc2)C1=O)N1CCCCC1. The van der Waals surface area contributed by atoms with Gasteiger partial charge in [-0.15, -0.1) is 0 Å². The third-order valence-corrected chi connectivity index (χ3v) is 9.50. The van der Waals surface area contributed by atoms with Gasteiger partial charge in [-0.3, -0.25) is 14.5 Å². The number of likely N-dealkylation sites (tertiary alicyclic amines) is 1. The Kier molecular flexibility index (Phi) is 10.8. The van der Waals surface area contributed by atoms with Crippen LogP contribution >= 0.6 is 11.6 Å². The first-order valence-corrected chi connectivity index (χ1v) is 16.5. The number of hydrogen-bond donors (Lipinski definition) is 2. The Morgan fingerprint density at radius 1 is 0.953 bits per heavy atom. The molecule has 0 bridgehead atoms. The van der Waals surface area contributed by atoms with Crippen LogP contribution < -0.4 is 10.6 Å². The largest absolute Gasteiger partial charge is 0.350 e. The van der Waals surface area contributed by atoms with Gasteiger partial charge in [-0.25, -0.2) is 0 Å². The fourth-order valence-electron chi connectivity index (χ4n) is 6.69. The molecule has 2 fully saturated rings. The molecule has 230 valence electrons. The Balaban J connectivity index is 1.23. The van der Waals surface area contributed by atoms with Gasteiger partial charge in [0.15, 0.2) is 0 Å². The van der Waals surface area contributed by atoms with Crippen LogP contribution in [0.2, 0.25) is 5.02 Å². The summed E-state index contributed by atoms with van der Waals surface area (Å²) in [6, 6.07) is 21.7. The molecule has 2 N–H and O–H groups in total. The Bertz CT molecular complexity index is 1370. The van der Waals surface area contributed by atoms with Crippen LogP contribution in [-0.4, -0.2) is 72.0 Å². The number of aryl methyl sites for hydroxylation is 1. The molecule has 2 atom stereocenters. The van der Waals surface area contributed by atoms with Gasteiger partial charge < -0.3 is 15.5 Å². The molecule has 43 heavy (non-hydrogen) atoms. The van der Waals surface area contributed by atoms with Crippen LogP contribution in [0.3, 0.4) is 0 Å². The lowest BCUT2D eigenvalue weighted by Gasteiger charge is -2.43. The van der Waals surface area contributed by atoms with Crippen molar-refractivity contribution in [3.05, 3.63) is 82.9 Å². The number of rotatable bonds is 11. The van der Waals surface area contributed by atoms with Crippen molar-refractivity contribution in [3.8, 4) is 0 Å². The number of benzene rings is 3. The zero-order valence-electron chi connectivity index (χ0n) is 25.8. The van der Waals surface area contributed by atoms with Crippen molar-refractivity contribution < 1.29 is 9.59 Å². The highest BCUT2D eigenvalue weighted by atomic mass is 35.5. The van der Waals surface area contributed by atoms with Crippen LogP contribution in [0.25, 0.3) is 10.8 Å². The molecule has 0 spiro atoms. The van der Waals surface area contributed by atoms with Crippen molar-refractivity contribution in [1.29, 1.82) is 0 Å². The molecule has 5 rings (SSSR count). The molecular weight excluding hydrogens is 556 g/mol. The van der Waals surface area contributed by atoms with E-state index in [9.17, 15) is 9.59 Å². The van der Waals surface area contributed by atoms with Crippen LogP contribution in [-0.2, 0) is 11.2 Å². The summed E-state index contributed by atoms with van der Waals surface area (Å²) in [5, 5.41) is 9.53. The molecule has 0 radical (unpaired) electrons. The Morgan fingerprint density at radius 2 is 1.70 bits per heavy atom. The van der Waals surface area contributed by atoms with Gasteiger partial charge in [-0.1, -0.05) is 60.5 Å². The van der Waals surface area contributed by atoms with E-state index in [1.54, 1.807) is 0 Å². The number of nitrogens with zero attached hydrogens (tertiary/aromatic N) is 2. The fraction of sp³-hybridized carbons (Fsp3) is 0.500. The smallest absolute Gasteiger partial charge is 0.251 e. The van der Waals surface area contributed by atoms with Crippen molar-refractivity contribution in [2.24, 2.45) is 0 Å². The van der Waals surface area contributed by atoms with Gasteiger partial charge >= 0.3 is 0 Å². The van der Waals surface area contributed by atoms with Crippen molar-refractivity contribution in [3.63, 3.8) is 0 Å². The number of nitrogens with one attached hydrogen (secondary N) is 2. The summed E-state index contributed by atoms with van der Waals surface area (Å²) in [5.41, 5.74) is 1.89. The molecule has 0 aliphatic carbocycles. The zero-order valence-corrected chi connectivity index (χ0v) is 26.5. The van der Waals surface area contributed by atoms with Crippen LogP contribution in [0.4, 0.5) is 0 Å². The first-order valence-electron chi connectivity index (χ1n) is 16.1. The second-order valence-corrected chi connectivity index (χ2v) is 13.4. The Hall–Kier alpha value is -2.93. The molecule has 7 heteroatoms. The summed E-state index contributed by atoms with van der Waals surface area (Å²) in [4.78, 5) is 31.8. The van der Waals surface area contributed by atoms with E-state index in [4.69, 9.17) is 11.6 Å². The highest BCUT2D eigenvalue weighted by molar-refractivity contribution is 6.31. The van der Waals surface area contributed by atoms with E-state index in [0.29, 0.717) is 23.7 Å². The first kappa shape index (κ1) is 31.5. The number of halogens is 1. The van der Waals surface area contributed by atoms with E-state index >= 15 is 0 Å². The number of carbonyl (C=O) groups is 2. The van der Waals surface area contributed by atoms with E-state index in [1.165, 1.54) is 24.8 Å². The Morgan fingerprint density at radius 3 is 2.49 bits per heavy atom. The molecule has 0 aromatic heterocycles. The molecule has 2 amide bonds. The number of hydrogen-bond acceptors (Lipinski definition) is 4. The predicted molar refractivity (Wildman–Crippen MR) is 177 cm³/mol. The molecule has 2 aliphatic heterocycles. The lowest BCUT2D eigenvalue weighted by atomic mass is 9.90. The van der Waals surface area contributed by atoms with Crippen LogP contribution in [0.5, 0.6) is 0 Å². The number of carbonyl (C=O) groups excluding carboxylic acids is 2. The van der Waals surface area contributed by atoms with Crippen molar-refractivity contribution in [1.82, 2.24) is 20.4 Å². The zero-order chi connectivity index (χ0) is 30.2. The van der Waals surface area contributed by atoms with E-state index in [2.05, 4.69) is 64.6 Å². The molecule has 2 heterocycles. The van der Waals surface area contributed by atoms with Crippen LogP contribution in [0.15, 0.2) is 66.7 Å². The molecule has 0 unspecified atom stereocenters. The molecular formula is C36H47ClN4O2. The number of fused-ring (bicyclic) bond motifs is 1. The lowest BCUT2D eigenvalue weighted by Crippen LogP contribution is -2.55. The number of amides is 2. The predicted octanol–water partition coefficient (Wildman–Crippen LogP) is 6.46. The molecule has 3 aromatic rings. The lowest BCUT2D eigenvalue weighted by molar-refractivity contribution is -0.133. The topological polar surface area (TPSA) is 64.7 Å². The monoisotopic (exact) mass is 602 g/mol. The second-order valence-electron chi connectivity index (χ2n) is 13.0. The summed E-state index contributed by atoms with van der Waals surface area (Å²) < 4.78 is 0. The van der Waals surface area contributed by atoms with Gasteiger partial charge in [0, 0.05) is 41.8 Å². The maximum Gasteiger partial charge on any atom is 0.251 e. The van der Waals surface area contributed by atoms with E-state index < -0.39 is 0 Å². The summed E-state index contributed by atoms with van der Waals surface area (Å²) in [7, 11) is 0. The average Bonchev–Trinajstić information content (AvgIpc) is 3.16. The maximum atomic E-state index is 14.0. The third-order valence-electron chi connectivity index (χ3n) is 9.27. The highest BCUT2D eigenvalue weighted by Crippen LogP contribution is 2.27. The van der Waals surface area contributed by atoms with E-state index in [1.807, 2.05) is 36.4 Å². The van der Waals surface area contributed by atoms with E-state index in [0.717, 1.165) is 62.5 Å². The normalized spacial score (nSPS) is 20.3. The molecule has 3 aromatic carbocycles.